The number of aliphatic hydroxyl groups excluding tert-OH is 1. The van der Waals surface area contributed by atoms with Gasteiger partial charge in [-0.15, -0.1) is 0 Å². The molecule has 1 heteroatoms. The molecule has 0 aliphatic rings. The van der Waals surface area contributed by atoms with Crippen molar-refractivity contribution in [2.45, 2.75) is 19.8 Å². The third kappa shape index (κ3) is 2.35. The van der Waals surface area contributed by atoms with Crippen molar-refractivity contribution in [2.24, 2.45) is 0 Å². The van der Waals surface area contributed by atoms with Gasteiger partial charge in [0.05, 0.1) is 0 Å². The van der Waals surface area contributed by atoms with Crippen molar-refractivity contribution >= 4 is 0 Å². The quantitative estimate of drug-likeness (QED) is 0.698. The third-order valence-electron chi connectivity index (χ3n) is 1.87. The average Bonchev–Trinajstić information content (AvgIpc) is 2.03. The van der Waals surface area contributed by atoms with Crippen LogP contribution in [-0.2, 0) is 6.42 Å². The molecule has 11 heavy (non-hydrogen) atoms. The van der Waals surface area contributed by atoms with Gasteiger partial charge in [0.2, 0.25) is 0 Å². The summed E-state index contributed by atoms with van der Waals surface area (Å²) in [6.07, 6.45) is 1.86. The van der Waals surface area contributed by atoms with Gasteiger partial charge in [-0.1, -0.05) is 24.3 Å². The lowest BCUT2D eigenvalue weighted by Gasteiger charge is -2.02. The van der Waals surface area contributed by atoms with Crippen molar-refractivity contribution in [3.63, 3.8) is 0 Å². The Labute approximate surface area is 67.7 Å². The molecule has 0 atom stereocenters. The predicted molar refractivity (Wildman–Crippen MR) is 46.6 cm³/mol. The van der Waals surface area contributed by atoms with Crippen LogP contribution in [0.15, 0.2) is 24.3 Å². The van der Waals surface area contributed by atoms with E-state index in [4.69, 9.17) is 5.11 Å². The van der Waals surface area contributed by atoms with Gasteiger partial charge < -0.3 is 5.11 Å². The average molecular weight is 150 g/mol. The zero-order chi connectivity index (χ0) is 8.10. The van der Waals surface area contributed by atoms with E-state index in [1.165, 1.54) is 11.1 Å². The molecule has 1 N–H and O–H groups in total. The molecule has 1 aromatic carbocycles. The van der Waals surface area contributed by atoms with E-state index >= 15 is 0 Å². The van der Waals surface area contributed by atoms with Crippen LogP contribution in [0.5, 0.6) is 0 Å². The number of aryl methyl sites for hydroxylation is 2. The zero-order valence-corrected chi connectivity index (χ0v) is 6.88. The topological polar surface area (TPSA) is 20.2 Å². The summed E-state index contributed by atoms with van der Waals surface area (Å²) in [5.74, 6) is 0. The summed E-state index contributed by atoms with van der Waals surface area (Å²) in [7, 11) is 0. The van der Waals surface area contributed by atoms with E-state index in [0.29, 0.717) is 0 Å². The number of rotatable bonds is 3. The Hall–Kier alpha value is -0.820. The molecule has 0 saturated carbocycles. The van der Waals surface area contributed by atoms with Crippen LogP contribution in [0.1, 0.15) is 17.5 Å². The van der Waals surface area contributed by atoms with Gasteiger partial charge in [0, 0.05) is 6.61 Å². The van der Waals surface area contributed by atoms with Crippen molar-refractivity contribution in [3.05, 3.63) is 35.4 Å². The first-order valence-electron chi connectivity index (χ1n) is 4.00. The van der Waals surface area contributed by atoms with Crippen LogP contribution in [0.2, 0.25) is 0 Å². The summed E-state index contributed by atoms with van der Waals surface area (Å²) in [6, 6.07) is 8.30. The van der Waals surface area contributed by atoms with Gasteiger partial charge in [-0.3, -0.25) is 0 Å². The van der Waals surface area contributed by atoms with Crippen LogP contribution in [0, 0.1) is 6.92 Å². The van der Waals surface area contributed by atoms with E-state index in [9.17, 15) is 0 Å². The Balaban J connectivity index is 2.62. The molecular formula is C10H14O. The van der Waals surface area contributed by atoms with Crippen LogP contribution >= 0.6 is 0 Å². The summed E-state index contributed by atoms with van der Waals surface area (Å²) in [4.78, 5) is 0. The number of aliphatic hydroxyl groups is 1. The van der Waals surface area contributed by atoms with Crippen molar-refractivity contribution in [1.82, 2.24) is 0 Å². The predicted octanol–water partition coefficient (Wildman–Crippen LogP) is 1.92. The van der Waals surface area contributed by atoms with Gasteiger partial charge in [-0.05, 0) is 30.9 Å². The van der Waals surface area contributed by atoms with Crippen molar-refractivity contribution in [2.75, 3.05) is 6.61 Å². The minimum atomic E-state index is 0.286. The van der Waals surface area contributed by atoms with Gasteiger partial charge >= 0.3 is 0 Å². The molecule has 1 nitrogen and oxygen atoms in total. The number of hydrogen-bond donors (Lipinski definition) is 1. The fourth-order valence-corrected chi connectivity index (χ4v) is 1.16. The van der Waals surface area contributed by atoms with Gasteiger partial charge in [0.15, 0.2) is 0 Å². The molecule has 0 fully saturated rings. The first-order valence-corrected chi connectivity index (χ1v) is 4.00. The van der Waals surface area contributed by atoms with Crippen LogP contribution in [0.4, 0.5) is 0 Å². The highest BCUT2D eigenvalue weighted by atomic mass is 16.2. The first kappa shape index (κ1) is 8.28. The fourth-order valence-electron chi connectivity index (χ4n) is 1.16. The van der Waals surface area contributed by atoms with Crippen LogP contribution in [0.25, 0.3) is 0 Å². The molecule has 60 valence electrons. The maximum Gasteiger partial charge on any atom is 0.0434 e. The molecule has 1 aromatic rings. The van der Waals surface area contributed by atoms with Gasteiger partial charge in [0.25, 0.3) is 0 Å². The molecular weight excluding hydrogens is 136 g/mol. The number of hydrogen-bond acceptors (Lipinski definition) is 1. The lowest BCUT2D eigenvalue weighted by molar-refractivity contribution is 0.288. The van der Waals surface area contributed by atoms with Crippen LogP contribution < -0.4 is 0 Å². The monoisotopic (exact) mass is 150 g/mol. The Kier molecular flexibility index (Phi) is 3.12. The molecule has 1 rings (SSSR count). The summed E-state index contributed by atoms with van der Waals surface area (Å²) in [6.45, 7) is 2.39. The lowest BCUT2D eigenvalue weighted by Crippen LogP contribution is -1.91. The molecule has 0 aliphatic carbocycles. The Morgan fingerprint density at radius 2 is 2.00 bits per heavy atom. The SMILES string of the molecule is Cc1ccccc1CCCO. The Morgan fingerprint density at radius 3 is 2.64 bits per heavy atom. The molecule has 0 saturated heterocycles. The number of benzene rings is 1. The summed E-state index contributed by atoms with van der Waals surface area (Å²) >= 11 is 0. The normalized spacial score (nSPS) is 10.0. The molecule has 0 bridgehead atoms. The Morgan fingerprint density at radius 1 is 1.27 bits per heavy atom. The molecule has 0 aliphatic heterocycles. The van der Waals surface area contributed by atoms with Crippen LogP contribution in [0.3, 0.4) is 0 Å². The van der Waals surface area contributed by atoms with Gasteiger partial charge in [-0.25, -0.2) is 0 Å². The Bertz CT molecular complexity index is 218. The molecule has 0 unspecified atom stereocenters. The van der Waals surface area contributed by atoms with Gasteiger partial charge in [-0.2, -0.15) is 0 Å². The van der Waals surface area contributed by atoms with E-state index in [-0.39, 0.29) is 6.61 Å². The van der Waals surface area contributed by atoms with Crippen LogP contribution in [-0.4, -0.2) is 11.7 Å². The van der Waals surface area contributed by atoms with Crippen molar-refractivity contribution in [1.29, 1.82) is 0 Å². The van der Waals surface area contributed by atoms with Gasteiger partial charge in [0.1, 0.15) is 0 Å². The largest absolute Gasteiger partial charge is 0.396 e. The standard InChI is InChI=1S/C10H14O/c1-9-5-2-3-6-10(9)7-4-8-11/h2-3,5-6,11H,4,7-8H2,1H3. The van der Waals surface area contributed by atoms with Crippen molar-refractivity contribution in [3.8, 4) is 0 Å². The van der Waals surface area contributed by atoms with Crippen molar-refractivity contribution < 1.29 is 5.11 Å². The highest BCUT2D eigenvalue weighted by Crippen LogP contribution is 2.08. The second-order valence-electron chi connectivity index (χ2n) is 2.75. The summed E-state index contributed by atoms with van der Waals surface area (Å²) in [5.41, 5.74) is 2.67. The van der Waals surface area contributed by atoms with E-state index in [1.54, 1.807) is 0 Å². The fraction of sp³-hybridized carbons (Fsp3) is 0.400. The second kappa shape index (κ2) is 4.14. The molecule has 0 aromatic heterocycles. The summed E-state index contributed by atoms with van der Waals surface area (Å²) < 4.78 is 0. The minimum absolute atomic E-state index is 0.286. The van der Waals surface area contributed by atoms with E-state index in [1.807, 2.05) is 12.1 Å². The minimum Gasteiger partial charge on any atom is -0.396 e. The highest BCUT2D eigenvalue weighted by Gasteiger charge is 1.94. The summed E-state index contributed by atoms with van der Waals surface area (Å²) in [5, 5.41) is 8.62. The van der Waals surface area contributed by atoms with E-state index in [2.05, 4.69) is 19.1 Å². The molecule has 0 spiro atoms. The maximum atomic E-state index is 8.62. The molecule has 0 radical (unpaired) electrons. The maximum absolute atomic E-state index is 8.62. The zero-order valence-electron chi connectivity index (χ0n) is 6.88. The first-order chi connectivity index (χ1) is 5.34. The second-order valence-corrected chi connectivity index (χ2v) is 2.75. The lowest BCUT2D eigenvalue weighted by atomic mass is 10.0. The third-order valence-corrected chi connectivity index (χ3v) is 1.87. The van der Waals surface area contributed by atoms with E-state index < -0.39 is 0 Å². The highest BCUT2D eigenvalue weighted by molar-refractivity contribution is 5.25. The van der Waals surface area contributed by atoms with E-state index in [0.717, 1.165) is 12.8 Å². The molecule has 0 amide bonds. The molecule has 0 heterocycles. The smallest absolute Gasteiger partial charge is 0.0434 e.